The minimum absolute atomic E-state index is 0.131. The number of piperazine rings is 1. The van der Waals surface area contributed by atoms with Crippen LogP contribution < -0.4 is 0 Å². The van der Waals surface area contributed by atoms with E-state index in [0.717, 1.165) is 37.4 Å². The summed E-state index contributed by atoms with van der Waals surface area (Å²) in [7, 11) is -1.85. The van der Waals surface area contributed by atoms with Gasteiger partial charge in [-0.2, -0.15) is 16.1 Å². The van der Waals surface area contributed by atoms with E-state index < -0.39 is 10.0 Å². The number of rotatable bonds is 8. The number of methoxy groups -OCH3 is 1. The maximum Gasteiger partial charge on any atom is 0.270 e. The molecule has 10 heteroatoms. The highest BCUT2D eigenvalue weighted by Gasteiger charge is 2.32. The third kappa shape index (κ3) is 5.35. The lowest BCUT2D eigenvalue weighted by Crippen LogP contribution is -2.55. The zero-order valence-electron chi connectivity index (χ0n) is 17.3. The maximum absolute atomic E-state index is 13.0. The number of H-pyrrole nitrogens is 1. The number of carbonyl (C=O) groups is 1. The van der Waals surface area contributed by atoms with Gasteiger partial charge in [0.2, 0.25) is 10.0 Å². The Bertz CT molecular complexity index is 777. The van der Waals surface area contributed by atoms with Gasteiger partial charge in [-0.15, -0.1) is 0 Å². The maximum atomic E-state index is 13.0. The van der Waals surface area contributed by atoms with E-state index in [0.29, 0.717) is 44.5 Å². The summed E-state index contributed by atoms with van der Waals surface area (Å²) in [6, 6.07) is 1.79. The van der Waals surface area contributed by atoms with Crippen LogP contribution >= 0.6 is 11.8 Å². The third-order valence-electron chi connectivity index (χ3n) is 5.59. The normalized spacial score (nSPS) is 22.1. The van der Waals surface area contributed by atoms with Crippen molar-refractivity contribution in [3.63, 3.8) is 0 Å². The molecule has 3 rings (SSSR count). The second-order valence-electron chi connectivity index (χ2n) is 7.49. The van der Waals surface area contributed by atoms with Crippen LogP contribution in [0.2, 0.25) is 0 Å². The minimum atomic E-state index is -3.55. The summed E-state index contributed by atoms with van der Waals surface area (Å²) in [6.07, 6.45) is 3.52. The number of aromatic amines is 1. The smallest absolute Gasteiger partial charge is 0.270 e. The molecule has 164 valence electrons. The SMILES string of the molecule is CCCC1CN(C(=O)c2cc(S(=O)(=O)N3CCSCC3)c[nH]2)CCN1CCOC. The van der Waals surface area contributed by atoms with Crippen molar-refractivity contribution in [2.45, 2.75) is 30.7 Å². The first kappa shape index (κ1) is 22.6. The number of hydrogen-bond acceptors (Lipinski definition) is 6. The van der Waals surface area contributed by atoms with Crippen LogP contribution in [-0.4, -0.2) is 104 Å². The average Bonchev–Trinajstić information content (AvgIpc) is 3.24. The Morgan fingerprint density at radius 3 is 2.72 bits per heavy atom. The Morgan fingerprint density at radius 1 is 1.28 bits per heavy atom. The van der Waals surface area contributed by atoms with E-state index in [2.05, 4.69) is 16.8 Å². The van der Waals surface area contributed by atoms with Gasteiger partial charge < -0.3 is 14.6 Å². The van der Waals surface area contributed by atoms with Crippen molar-refractivity contribution in [3.05, 3.63) is 18.0 Å². The molecule has 2 fully saturated rings. The van der Waals surface area contributed by atoms with Gasteiger partial charge in [-0.25, -0.2) is 8.42 Å². The predicted molar refractivity (Wildman–Crippen MR) is 115 cm³/mol. The molecule has 29 heavy (non-hydrogen) atoms. The first-order chi connectivity index (χ1) is 14.0. The van der Waals surface area contributed by atoms with E-state index in [1.807, 2.05) is 4.90 Å². The van der Waals surface area contributed by atoms with Gasteiger partial charge in [0.25, 0.3) is 5.91 Å². The summed E-state index contributed by atoms with van der Waals surface area (Å²) in [6.45, 7) is 6.82. The summed E-state index contributed by atoms with van der Waals surface area (Å²) in [5, 5.41) is 0. The number of nitrogens with zero attached hydrogens (tertiary/aromatic N) is 3. The van der Waals surface area contributed by atoms with Crippen molar-refractivity contribution in [3.8, 4) is 0 Å². The van der Waals surface area contributed by atoms with Crippen LogP contribution in [0, 0.1) is 0 Å². The Hall–Kier alpha value is -1.07. The lowest BCUT2D eigenvalue weighted by molar-refractivity contribution is 0.0367. The molecule has 2 saturated heterocycles. The fraction of sp³-hybridized carbons (Fsp3) is 0.737. The van der Waals surface area contributed by atoms with Crippen LogP contribution in [0.15, 0.2) is 17.2 Å². The van der Waals surface area contributed by atoms with E-state index in [1.54, 1.807) is 18.9 Å². The van der Waals surface area contributed by atoms with Crippen molar-refractivity contribution >= 4 is 27.7 Å². The van der Waals surface area contributed by atoms with E-state index in [9.17, 15) is 13.2 Å². The van der Waals surface area contributed by atoms with Crippen LogP contribution in [0.5, 0.6) is 0 Å². The van der Waals surface area contributed by atoms with E-state index in [-0.39, 0.29) is 10.8 Å². The highest BCUT2D eigenvalue weighted by Crippen LogP contribution is 2.22. The lowest BCUT2D eigenvalue weighted by atomic mass is 10.1. The molecule has 0 radical (unpaired) electrons. The molecular weight excluding hydrogens is 412 g/mol. The van der Waals surface area contributed by atoms with Crippen LogP contribution in [0.25, 0.3) is 0 Å². The fourth-order valence-corrected chi connectivity index (χ4v) is 6.51. The second-order valence-corrected chi connectivity index (χ2v) is 10.7. The summed E-state index contributed by atoms with van der Waals surface area (Å²) in [4.78, 5) is 20.3. The van der Waals surface area contributed by atoms with Gasteiger partial charge in [-0.05, 0) is 12.5 Å². The largest absolute Gasteiger partial charge is 0.383 e. The number of thioether (sulfide) groups is 1. The van der Waals surface area contributed by atoms with E-state index in [4.69, 9.17) is 4.74 Å². The Balaban J connectivity index is 1.68. The first-order valence-electron chi connectivity index (χ1n) is 10.3. The van der Waals surface area contributed by atoms with Gasteiger partial charge in [0.1, 0.15) is 10.6 Å². The molecule has 1 amide bonds. The van der Waals surface area contributed by atoms with Crippen molar-refractivity contribution in [1.29, 1.82) is 0 Å². The summed E-state index contributed by atoms with van der Waals surface area (Å²) in [5.74, 6) is 1.48. The predicted octanol–water partition coefficient (Wildman–Crippen LogP) is 1.33. The number of hydrogen-bond donors (Lipinski definition) is 1. The van der Waals surface area contributed by atoms with Crippen LogP contribution in [0.3, 0.4) is 0 Å². The summed E-state index contributed by atoms with van der Waals surface area (Å²) >= 11 is 1.76. The highest BCUT2D eigenvalue weighted by atomic mass is 32.2. The van der Waals surface area contributed by atoms with Crippen molar-refractivity contribution in [2.24, 2.45) is 0 Å². The lowest BCUT2D eigenvalue weighted by Gasteiger charge is -2.41. The van der Waals surface area contributed by atoms with Gasteiger partial charge in [0.05, 0.1) is 6.61 Å². The number of amides is 1. The second kappa shape index (κ2) is 10.3. The molecule has 1 aromatic heterocycles. The molecule has 2 aliphatic heterocycles. The van der Waals surface area contributed by atoms with E-state index >= 15 is 0 Å². The molecule has 0 aliphatic carbocycles. The monoisotopic (exact) mass is 444 g/mol. The van der Waals surface area contributed by atoms with E-state index in [1.165, 1.54) is 16.6 Å². The molecule has 1 atom stereocenters. The molecule has 1 aromatic rings. The van der Waals surface area contributed by atoms with Gasteiger partial charge in [0.15, 0.2) is 0 Å². The molecule has 3 heterocycles. The van der Waals surface area contributed by atoms with Gasteiger partial charge in [-0.3, -0.25) is 9.69 Å². The molecular formula is C19H32N4O4S2. The number of nitrogens with one attached hydrogen (secondary N) is 1. The number of ether oxygens (including phenoxy) is 1. The molecule has 2 aliphatic rings. The molecule has 1 unspecified atom stereocenters. The average molecular weight is 445 g/mol. The van der Waals surface area contributed by atoms with Crippen molar-refractivity contribution in [1.82, 2.24) is 19.1 Å². The Kier molecular flexibility index (Phi) is 8.03. The molecule has 0 aromatic carbocycles. The molecule has 0 saturated carbocycles. The highest BCUT2D eigenvalue weighted by molar-refractivity contribution is 7.99. The Labute approximate surface area is 178 Å². The standard InChI is InChI=1S/C19H32N4O4S2/c1-3-4-16-15-22(6-5-21(16)7-10-27-2)19(24)18-13-17(14-20-18)29(25,26)23-8-11-28-12-9-23/h13-14,16,20H,3-12,15H2,1-2H3. The summed E-state index contributed by atoms with van der Waals surface area (Å²) in [5.41, 5.74) is 0.343. The first-order valence-corrected chi connectivity index (χ1v) is 12.9. The number of carbonyl (C=O) groups excluding carboxylic acids is 1. The zero-order valence-corrected chi connectivity index (χ0v) is 18.9. The quantitative estimate of drug-likeness (QED) is 0.651. The van der Waals surface area contributed by atoms with Crippen LogP contribution in [0.4, 0.5) is 0 Å². The molecule has 8 nitrogen and oxygen atoms in total. The molecule has 0 bridgehead atoms. The van der Waals surface area contributed by atoms with Crippen LogP contribution in [0.1, 0.15) is 30.3 Å². The zero-order chi connectivity index (χ0) is 20.9. The van der Waals surface area contributed by atoms with Gasteiger partial charge >= 0.3 is 0 Å². The van der Waals surface area contributed by atoms with Crippen molar-refractivity contribution < 1.29 is 17.9 Å². The minimum Gasteiger partial charge on any atom is -0.383 e. The van der Waals surface area contributed by atoms with Crippen molar-refractivity contribution in [2.75, 3.05) is 64.5 Å². The van der Waals surface area contributed by atoms with Gasteiger partial charge in [0, 0.05) is 70.1 Å². The third-order valence-corrected chi connectivity index (χ3v) is 8.41. The fourth-order valence-electron chi connectivity index (χ4n) is 3.94. The number of aromatic nitrogens is 1. The molecule has 1 N–H and O–H groups in total. The van der Waals surface area contributed by atoms with Crippen LogP contribution in [-0.2, 0) is 14.8 Å². The van der Waals surface area contributed by atoms with Gasteiger partial charge in [-0.1, -0.05) is 13.3 Å². The topological polar surface area (TPSA) is 86.0 Å². The molecule has 0 spiro atoms. The Morgan fingerprint density at radius 2 is 2.03 bits per heavy atom. The number of sulfonamides is 1. The summed E-state index contributed by atoms with van der Waals surface area (Å²) < 4.78 is 32.4.